The minimum absolute atomic E-state index is 0.0528. The number of hydrogen-bond donors (Lipinski definition) is 1. The first-order chi connectivity index (χ1) is 7.79. The van der Waals surface area contributed by atoms with E-state index >= 15 is 0 Å². The molecule has 0 aliphatic heterocycles. The van der Waals surface area contributed by atoms with Gasteiger partial charge in [0.25, 0.3) is 0 Å². The van der Waals surface area contributed by atoms with Crippen molar-refractivity contribution in [3.05, 3.63) is 11.9 Å². The smallest absolute Gasteiger partial charge is 0.137 e. The predicted octanol–water partition coefficient (Wildman–Crippen LogP) is 3.49. The van der Waals surface area contributed by atoms with Gasteiger partial charge in [0.1, 0.15) is 16.7 Å². The van der Waals surface area contributed by atoms with Crippen molar-refractivity contribution in [2.24, 2.45) is 5.92 Å². The van der Waals surface area contributed by atoms with E-state index in [4.69, 9.17) is 5.73 Å². The zero-order valence-corrected chi connectivity index (χ0v) is 12.3. The second-order valence-corrected chi connectivity index (χ2v) is 6.85. The Hall–Kier alpha value is -0.770. The first-order valence-corrected chi connectivity index (χ1v) is 7.05. The summed E-state index contributed by atoms with van der Waals surface area (Å²) in [6, 6.07) is 1.86. The fourth-order valence-corrected chi connectivity index (χ4v) is 2.40. The Labute approximate surface area is 109 Å². The van der Waals surface area contributed by atoms with Crippen LogP contribution in [0.15, 0.2) is 11.1 Å². The number of anilines is 1. The first kappa shape index (κ1) is 14.3. The topological polar surface area (TPSA) is 51.8 Å². The van der Waals surface area contributed by atoms with Crippen molar-refractivity contribution in [1.29, 1.82) is 0 Å². The second kappa shape index (κ2) is 5.71. The fourth-order valence-electron chi connectivity index (χ4n) is 1.25. The van der Waals surface area contributed by atoms with Gasteiger partial charge in [0.15, 0.2) is 0 Å². The van der Waals surface area contributed by atoms with Gasteiger partial charge < -0.3 is 5.73 Å². The Balaban J connectivity index is 2.76. The van der Waals surface area contributed by atoms with Crippen molar-refractivity contribution in [1.82, 2.24) is 9.97 Å². The van der Waals surface area contributed by atoms with Gasteiger partial charge in [0.05, 0.1) is 0 Å². The highest BCUT2D eigenvalue weighted by atomic mass is 32.2. The lowest BCUT2D eigenvalue weighted by Gasteiger charge is -2.17. The van der Waals surface area contributed by atoms with E-state index in [1.807, 2.05) is 6.07 Å². The first-order valence-electron chi connectivity index (χ1n) is 6.07. The average Bonchev–Trinajstić information content (AvgIpc) is 2.14. The number of nitrogen functional groups attached to an aromatic ring is 1. The number of nitrogens with two attached hydrogens (primary N) is 1. The van der Waals surface area contributed by atoms with Crippen LogP contribution in [0.1, 0.15) is 46.9 Å². The molecule has 0 aliphatic carbocycles. The number of rotatable bonds is 4. The SMILES string of the molecule is CC(C)CCSc1cc(N)nc(C(C)(C)C)n1. The van der Waals surface area contributed by atoms with Crippen molar-refractivity contribution >= 4 is 17.6 Å². The van der Waals surface area contributed by atoms with E-state index in [1.54, 1.807) is 11.8 Å². The number of aromatic nitrogens is 2. The zero-order valence-electron chi connectivity index (χ0n) is 11.4. The Morgan fingerprint density at radius 3 is 2.47 bits per heavy atom. The molecule has 3 nitrogen and oxygen atoms in total. The molecule has 4 heteroatoms. The summed E-state index contributed by atoms with van der Waals surface area (Å²) >= 11 is 1.76. The molecule has 1 aromatic heterocycles. The minimum Gasteiger partial charge on any atom is -0.384 e. The number of nitrogens with zero attached hydrogens (tertiary/aromatic N) is 2. The second-order valence-electron chi connectivity index (χ2n) is 5.74. The molecule has 1 rings (SSSR count). The highest BCUT2D eigenvalue weighted by Crippen LogP contribution is 2.24. The molecular weight excluding hydrogens is 230 g/mol. The van der Waals surface area contributed by atoms with Gasteiger partial charge in [0.2, 0.25) is 0 Å². The number of thioether (sulfide) groups is 1. The van der Waals surface area contributed by atoms with Crippen LogP contribution in [0.2, 0.25) is 0 Å². The molecule has 0 aliphatic rings. The molecule has 2 N–H and O–H groups in total. The summed E-state index contributed by atoms with van der Waals surface area (Å²) in [6.07, 6.45) is 1.19. The highest BCUT2D eigenvalue weighted by molar-refractivity contribution is 7.99. The van der Waals surface area contributed by atoms with Crippen LogP contribution in [-0.4, -0.2) is 15.7 Å². The van der Waals surface area contributed by atoms with Gasteiger partial charge in [-0.05, 0) is 18.1 Å². The van der Waals surface area contributed by atoms with Gasteiger partial charge in [-0.2, -0.15) is 0 Å². The molecule has 0 amide bonds. The summed E-state index contributed by atoms with van der Waals surface area (Å²) in [5, 5.41) is 0.989. The molecule has 17 heavy (non-hydrogen) atoms. The molecule has 0 unspecified atom stereocenters. The Morgan fingerprint density at radius 2 is 1.94 bits per heavy atom. The van der Waals surface area contributed by atoms with Gasteiger partial charge in [-0.3, -0.25) is 0 Å². The molecule has 0 saturated carbocycles. The van der Waals surface area contributed by atoms with Crippen molar-refractivity contribution in [2.45, 2.75) is 51.5 Å². The predicted molar refractivity (Wildman–Crippen MR) is 75.3 cm³/mol. The van der Waals surface area contributed by atoms with E-state index in [1.165, 1.54) is 6.42 Å². The third-order valence-corrected chi connectivity index (χ3v) is 3.28. The molecule has 96 valence electrons. The van der Waals surface area contributed by atoms with E-state index < -0.39 is 0 Å². The Morgan fingerprint density at radius 1 is 1.29 bits per heavy atom. The Bertz CT molecular complexity index is 369. The van der Waals surface area contributed by atoms with E-state index in [-0.39, 0.29) is 5.41 Å². The largest absolute Gasteiger partial charge is 0.384 e. The van der Waals surface area contributed by atoms with Crippen molar-refractivity contribution < 1.29 is 0 Å². The number of hydrogen-bond acceptors (Lipinski definition) is 4. The average molecular weight is 253 g/mol. The van der Waals surface area contributed by atoms with Crippen LogP contribution in [0, 0.1) is 5.92 Å². The van der Waals surface area contributed by atoms with Gasteiger partial charge in [-0.15, -0.1) is 11.8 Å². The molecule has 0 saturated heterocycles. The van der Waals surface area contributed by atoms with Gasteiger partial charge in [0, 0.05) is 11.5 Å². The molecule has 0 spiro atoms. The maximum atomic E-state index is 5.82. The van der Waals surface area contributed by atoms with Crippen LogP contribution >= 0.6 is 11.8 Å². The van der Waals surface area contributed by atoms with E-state index in [0.29, 0.717) is 5.82 Å². The van der Waals surface area contributed by atoms with E-state index in [2.05, 4.69) is 44.6 Å². The summed E-state index contributed by atoms with van der Waals surface area (Å²) in [4.78, 5) is 8.88. The molecule has 1 aromatic rings. The van der Waals surface area contributed by atoms with Gasteiger partial charge in [-0.1, -0.05) is 34.6 Å². The molecule has 1 heterocycles. The molecule has 0 aromatic carbocycles. The fraction of sp³-hybridized carbons (Fsp3) is 0.692. The third-order valence-electron chi connectivity index (χ3n) is 2.34. The summed E-state index contributed by atoms with van der Waals surface area (Å²) in [5.41, 5.74) is 5.77. The van der Waals surface area contributed by atoms with E-state index in [9.17, 15) is 0 Å². The van der Waals surface area contributed by atoms with Crippen LogP contribution < -0.4 is 5.73 Å². The van der Waals surface area contributed by atoms with Crippen molar-refractivity contribution in [3.8, 4) is 0 Å². The normalized spacial score (nSPS) is 12.1. The standard InChI is InChI=1S/C13H23N3S/c1-9(2)6-7-17-11-8-10(14)15-12(16-11)13(3,4)5/h8-9H,6-7H2,1-5H3,(H2,14,15,16). The Kier molecular flexibility index (Phi) is 4.80. The summed E-state index contributed by atoms with van der Waals surface area (Å²) in [5.74, 6) is 3.20. The van der Waals surface area contributed by atoms with Crippen LogP contribution in [0.4, 0.5) is 5.82 Å². The molecule has 0 atom stereocenters. The monoisotopic (exact) mass is 253 g/mol. The lowest BCUT2D eigenvalue weighted by atomic mass is 9.96. The summed E-state index contributed by atoms with van der Waals surface area (Å²) < 4.78 is 0. The molecular formula is C13H23N3S. The highest BCUT2D eigenvalue weighted by Gasteiger charge is 2.18. The molecule has 0 fully saturated rings. The van der Waals surface area contributed by atoms with E-state index in [0.717, 1.165) is 22.5 Å². The zero-order chi connectivity index (χ0) is 13.1. The maximum Gasteiger partial charge on any atom is 0.137 e. The summed E-state index contributed by atoms with van der Waals surface area (Å²) in [7, 11) is 0. The van der Waals surface area contributed by atoms with Gasteiger partial charge in [-0.25, -0.2) is 9.97 Å². The maximum absolute atomic E-state index is 5.82. The third kappa shape index (κ3) is 4.94. The lowest BCUT2D eigenvalue weighted by Crippen LogP contribution is -2.17. The minimum atomic E-state index is -0.0528. The van der Waals surface area contributed by atoms with Crippen LogP contribution in [0.3, 0.4) is 0 Å². The molecule has 0 bridgehead atoms. The van der Waals surface area contributed by atoms with Crippen LogP contribution in [-0.2, 0) is 5.41 Å². The summed E-state index contributed by atoms with van der Waals surface area (Å²) in [6.45, 7) is 10.8. The van der Waals surface area contributed by atoms with Crippen LogP contribution in [0.5, 0.6) is 0 Å². The van der Waals surface area contributed by atoms with Crippen molar-refractivity contribution in [3.63, 3.8) is 0 Å². The lowest BCUT2D eigenvalue weighted by molar-refractivity contribution is 0.539. The van der Waals surface area contributed by atoms with Crippen molar-refractivity contribution in [2.75, 3.05) is 11.5 Å². The molecule has 0 radical (unpaired) electrons. The van der Waals surface area contributed by atoms with Gasteiger partial charge >= 0.3 is 0 Å². The van der Waals surface area contributed by atoms with Crippen LogP contribution in [0.25, 0.3) is 0 Å². The quantitative estimate of drug-likeness (QED) is 0.659.